The highest BCUT2D eigenvalue weighted by Gasteiger charge is 2.10. The summed E-state index contributed by atoms with van der Waals surface area (Å²) < 4.78 is 5.18. The molecule has 0 fully saturated rings. The third kappa shape index (κ3) is 5.85. The van der Waals surface area contributed by atoms with Gasteiger partial charge in [0.25, 0.3) is 0 Å². The van der Waals surface area contributed by atoms with Gasteiger partial charge in [0.1, 0.15) is 5.75 Å². The van der Waals surface area contributed by atoms with E-state index in [1.54, 1.807) is 36.4 Å². The van der Waals surface area contributed by atoms with Crippen LogP contribution in [-0.4, -0.2) is 24.7 Å². The molecule has 132 valence electrons. The lowest BCUT2D eigenvalue weighted by Crippen LogP contribution is -2.14. The molecule has 2 aromatic rings. The van der Waals surface area contributed by atoms with E-state index in [2.05, 4.69) is 10.6 Å². The number of carbonyl (C=O) groups excluding carboxylic acids is 2. The number of hydrogen-bond acceptors (Lipinski definition) is 4. The van der Waals surface area contributed by atoms with Crippen molar-refractivity contribution >= 4 is 58.2 Å². The third-order valence-electron chi connectivity index (χ3n) is 3.05. The number of halogens is 2. The Morgan fingerprint density at radius 1 is 1.12 bits per heavy atom. The first-order chi connectivity index (χ1) is 11.9. The van der Waals surface area contributed by atoms with Gasteiger partial charge in [-0.3, -0.25) is 9.59 Å². The highest BCUT2D eigenvalue weighted by molar-refractivity contribution is 8.00. The van der Waals surface area contributed by atoms with E-state index in [0.29, 0.717) is 27.2 Å². The Morgan fingerprint density at radius 3 is 2.56 bits per heavy atom. The average Bonchev–Trinajstić information content (AvgIpc) is 2.55. The monoisotopic (exact) mass is 398 g/mol. The van der Waals surface area contributed by atoms with E-state index in [1.807, 2.05) is 0 Å². The first kappa shape index (κ1) is 19.4. The lowest BCUT2D eigenvalue weighted by molar-refractivity contribution is -0.114. The normalized spacial score (nSPS) is 10.2. The van der Waals surface area contributed by atoms with Crippen LogP contribution in [0.5, 0.6) is 5.75 Å². The second-order valence-corrected chi connectivity index (χ2v) is 6.87. The van der Waals surface area contributed by atoms with Crippen molar-refractivity contribution in [2.24, 2.45) is 0 Å². The molecular weight excluding hydrogens is 383 g/mol. The molecule has 0 heterocycles. The van der Waals surface area contributed by atoms with Gasteiger partial charge in [-0.25, -0.2) is 0 Å². The molecule has 0 aromatic heterocycles. The van der Waals surface area contributed by atoms with Crippen LogP contribution in [-0.2, 0) is 9.59 Å². The average molecular weight is 399 g/mol. The Kier molecular flexibility index (Phi) is 6.99. The summed E-state index contributed by atoms with van der Waals surface area (Å²) in [7, 11) is 1.50. The summed E-state index contributed by atoms with van der Waals surface area (Å²) in [4.78, 5) is 24.1. The van der Waals surface area contributed by atoms with E-state index in [9.17, 15) is 9.59 Å². The number of rotatable bonds is 6. The van der Waals surface area contributed by atoms with E-state index in [1.165, 1.54) is 25.8 Å². The number of methoxy groups -OCH3 is 1. The van der Waals surface area contributed by atoms with Crippen molar-refractivity contribution in [3.05, 3.63) is 46.4 Å². The Balaban J connectivity index is 2.02. The molecule has 8 heteroatoms. The fourth-order valence-electron chi connectivity index (χ4n) is 2.00. The van der Waals surface area contributed by atoms with Crippen molar-refractivity contribution in [1.82, 2.24) is 0 Å². The number of hydrogen-bond donors (Lipinski definition) is 2. The molecule has 0 spiro atoms. The zero-order valence-electron chi connectivity index (χ0n) is 13.6. The van der Waals surface area contributed by atoms with Crippen LogP contribution in [0.15, 0.2) is 41.3 Å². The Morgan fingerprint density at radius 2 is 1.88 bits per heavy atom. The summed E-state index contributed by atoms with van der Waals surface area (Å²) in [6.45, 7) is 1.40. The maximum atomic E-state index is 12.1. The molecule has 0 saturated carbocycles. The molecule has 5 nitrogen and oxygen atoms in total. The molecule has 0 radical (unpaired) electrons. The lowest BCUT2D eigenvalue weighted by atomic mass is 10.2. The first-order valence-corrected chi connectivity index (χ1v) is 8.96. The van der Waals surface area contributed by atoms with E-state index in [0.717, 1.165) is 4.90 Å². The van der Waals surface area contributed by atoms with Crippen LogP contribution in [0, 0.1) is 0 Å². The third-order valence-corrected chi connectivity index (χ3v) is 4.78. The molecule has 0 aliphatic heterocycles. The number of carbonyl (C=O) groups is 2. The minimum atomic E-state index is -0.229. The SMILES string of the molecule is COc1ccc(NC(=O)CSc2cc(Cl)ccc2Cl)cc1NC(C)=O. The summed E-state index contributed by atoms with van der Waals surface area (Å²) >= 11 is 13.3. The Bertz CT molecular complexity index is 799. The predicted molar refractivity (Wildman–Crippen MR) is 103 cm³/mol. The number of benzene rings is 2. The van der Waals surface area contributed by atoms with Crippen LogP contribution in [0.4, 0.5) is 11.4 Å². The van der Waals surface area contributed by atoms with Crippen LogP contribution in [0.3, 0.4) is 0 Å². The van der Waals surface area contributed by atoms with Crippen LogP contribution in [0.2, 0.25) is 10.0 Å². The van der Waals surface area contributed by atoms with E-state index in [-0.39, 0.29) is 17.6 Å². The standard InChI is InChI=1S/C17H16Cl2N2O3S/c1-10(22)20-14-8-12(4-6-15(14)24-2)21-17(23)9-25-16-7-11(18)3-5-13(16)19/h3-8H,9H2,1-2H3,(H,20,22)(H,21,23). The van der Waals surface area contributed by atoms with Crippen molar-refractivity contribution in [1.29, 1.82) is 0 Å². The zero-order valence-corrected chi connectivity index (χ0v) is 15.9. The van der Waals surface area contributed by atoms with Crippen molar-refractivity contribution in [3.8, 4) is 5.75 Å². The smallest absolute Gasteiger partial charge is 0.234 e. The number of amides is 2. The first-order valence-electron chi connectivity index (χ1n) is 7.22. The van der Waals surface area contributed by atoms with Gasteiger partial charge in [-0.1, -0.05) is 23.2 Å². The van der Waals surface area contributed by atoms with Gasteiger partial charge in [0, 0.05) is 22.5 Å². The van der Waals surface area contributed by atoms with Crippen molar-refractivity contribution in [2.45, 2.75) is 11.8 Å². The molecule has 2 N–H and O–H groups in total. The molecule has 0 unspecified atom stereocenters. The molecule has 2 rings (SSSR count). The van der Waals surface area contributed by atoms with Gasteiger partial charge in [-0.05, 0) is 36.4 Å². The summed E-state index contributed by atoms with van der Waals surface area (Å²) in [5.74, 6) is 0.239. The van der Waals surface area contributed by atoms with Gasteiger partial charge < -0.3 is 15.4 Å². The number of ether oxygens (including phenoxy) is 1. The molecule has 0 bridgehead atoms. The van der Waals surface area contributed by atoms with E-state index in [4.69, 9.17) is 27.9 Å². The number of thioether (sulfide) groups is 1. The van der Waals surface area contributed by atoms with Crippen LogP contribution < -0.4 is 15.4 Å². The summed E-state index contributed by atoms with van der Waals surface area (Å²) in [6.07, 6.45) is 0. The molecule has 2 amide bonds. The highest BCUT2D eigenvalue weighted by Crippen LogP contribution is 2.31. The molecular formula is C17H16Cl2N2O3S. The predicted octanol–water partition coefficient (Wildman–Crippen LogP) is 4.69. The number of nitrogens with one attached hydrogen (secondary N) is 2. The summed E-state index contributed by atoms with van der Waals surface area (Å²) in [6, 6.07) is 10.1. The van der Waals surface area contributed by atoms with Gasteiger partial charge in [0.2, 0.25) is 11.8 Å². The van der Waals surface area contributed by atoms with Crippen molar-refractivity contribution in [3.63, 3.8) is 0 Å². The molecule has 0 atom stereocenters. The largest absolute Gasteiger partial charge is 0.495 e. The van der Waals surface area contributed by atoms with Gasteiger partial charge in [-0.2, -0.15) is 0 Å². The molecule has 0 aliphatic rings. The van der Waals surface area contributed by atoms with Gasteiger partial charge in [0.05, 0.1) is 23.6 Å². The maximum Gasteiger partial charge on any atom is 0.234 e. The maximum absolute atomic E-state index is 12.1. The van der Waals surface area contributed by atoms with Crippen LogP contribution in [0.1, 0.15) is 6.92 Å². The fourth-order valence-corrected chi connectivity index (χ4v) is 3.29. The van der Waals surface area contributed by atoms with Crippen molar-refractivity contribution in [2.75, 3.05) is 23.5 Å². The topological polar surface area (TPSA) is 67.4 Å². The molecule has 0 aliphatic carbocycles. The minimum Gasteiger partial charge on any atom is -0.495 e. The Labute approximate surface area is 160 Å². The van der Waals surface area contributed by atoms with Gasteiger partial charge >= 0.3 is 0 Å². The quantitative estimate of drug-likeness (QED) is 0.692. The summed E-state index contributed by atoms with van der Waals surface area (Å²) in [5, 5.41) is 6.52. The van der Waals surface area contributed by atoms with Gasteiger partial charge in [0.15, 0.2) is 0 Å². The lowest BCUT2D eigenvalue weighted by Gasteiger charge is -2.12. The Hall–Kier alpha value is -1.89. The van der Waals surface area contributed by atoms with Crippen LogP contribution >= 0.6 is 35.0 Å². The zero-order chi connectivity index (χ0) is 18.4. The van der Waals surface area contributed by atoms with Gasteiger partial charge in [-0.15, -0.1) is 11.8 Å². The number of anilines is 2. The minimum absolute atomic E-state index is 0.168. The van der Waals surface area contributed by atoms with Crippen LogP contribution in [0.25, 0.3) is 0 Å². The van der Waals surface area contributed by atoms with E-state index < -0.39 is 0 Å². The second-order valence-electron chi connectivity index (χ2n) is 5.01. The van der Waals surface area contributed by atoms with Crippen molar-refractivity contribution < 1.29 is 14.3 Å². The molecule has 0 saturated heterocycles. The molecule has 2 aromatic carbocycles. The highest BCUT2D eigenvalue weighted by atomic mass is 35.5. The second kappa shape index (κ2) is 8.99. The summed E-state index contributed by atoms with van der Waals surface area (Å²) in [5.41, 5.74) is 1.03. The van der Waals surface area contributed by atoms with E-state index >= 15 is 0 Å². The fraction of sp³-hybridized carbons (Fsp3) is 0.176. The molecule has 25 heavy (non-hydrogen) atoms.